The van der Waals surface area contributed by atoms with Gasteiger partial charge >= 0.3 is 5.97 Å². The predicted molar refractivity (Wildman–Crippen MR) is 70.4 cm³/mol. The van der Waals surface area contributed by atoms with Crippen LogP contribution >= 0.6 is 0 Å². The third-order valence-electron chi connectivity index (χ3n) is 3.49. The first kappa shape index (κ1) is 14.7. The second-order valence-electron chi connectivity index (χ2n) is 4.90. The summed E-state index contributed by atoms with van der Waals surface area (Å²) in [4.78, 5) is 19.4. The van der Waals surface area contributed by atoms with Crippen LogP contribution < -0.4 is 10.1 Å². The van der Waals surface area contributed by atoms with Crippen LogP contribution in [-0.2, 0) is 16.1 Å². The molecule has 1 aromatic heterocycles. The van der Waals surface area contributed by atoms with E-state index >= 15 is 0 Å². The van der Waals surface area contributed by atoms with Crippen molar-refractivity contribution in [2.45, 2.75) is 19.4 Å². The first-order valence-corrected chi connectivity index (χ1v) is 6.53. The highest BCUT2D eigenvalue weighted by Gasteiger charge is 2.40. The molecule has 0 aliphatic carbocycles. The third kappa shape index (κ3) is 3.23. The fourth-order valence-electron chi connectivity index (χ4n) is 2.32. The van der Waals surface area contributed by atoms with Crippen molar-refractivity contribution in [2.24, 2.45) is 5.41 Å². The van der Waals surface area contributed by atoms with E-state index in [4.69, 9.17) is 9.47 Å². The Morgan fingerprint density at radius 2 is 2.50 bits per heavy atom. The molecule has 7 heteroatoms. The first-order valence-electron chi connectivity index (χ1n) is 6.53. The van der Waals surface area contributed by atoms with Gasteiger partial charge < -0.3 is 19.9 Å². The molecule has 1 fully saturated rings. The number of aliphatic carboxylic acids is 1. The van der Waals surface area contributed by atoms with Crippen molar-refractivity contribution in [2.75, 3.05) is 26.9 Å². The normalized spacial score (nSPS) is 22.4. The van der Waals surface area contributed by atoms with Gasteiger partial charge in [-0.25, -0.2) is 9.97 Å². The maximum Gasteiger partial charge on any atom is 0.313 e. The van der Waals surface area contributed by atoms with E-state index in [1.807, 2.05) is 0 Å². The van der Waals surface area contributed by atoms with Gasteiger partial charge in [-0.1, -0.05) is 0 Å². The van der Waals surface area contributed by atoms with Crippen molar-refractivity contribution in [1.29, 1.82) is 0 Å². The molecule has 2 N–H and O–H groups in total. The molecule has 1 unspecified atom stereocenters. The summed E-state index contributed by atoms with van der Waals surface area (Å²) in [6, 6.07) is 0. The SMILES string of the molecule is COc1ncncc1CNCC1(C(=O)O)CCCOC1. The molecule has 1 aliphatic heterocycles. The second kappa shape index (κ2) is 6.62. The lowest BCUT2D eigenvalue weighted by Gasteiger charge is -2.33. The highest BCUT2D eigenvalue weighted by atomic mass is 16.5. The average molecular weight is 281 g/mol. The van der Waals surface area contributed by atoms with Gasteiger partial charge in [0.05, 0.1) is 13.7 Å². The Bertz CT molecular complexity index is 461. The zero-order chi connectivity index (χ0) is 14.4. The number of nitrogens with zero attached hydrogens (tertiary/aromatic N) is 2. The van der Waals surface area contributed by atoms with E-state index in [0.717, 1.165) is 12.0 Å². The van der Waals surface area contributed by atoms with Crippen LogP contribution in [0.15, 0.2) is 12.5 Å². The molecule has 110 valence electrons. The molecule has 0 bridgehead atoms. The van der Waals surface area contributed by atoms with Crippen LogP contribution in [0, 0.1) is 5.41 Å². The molecule has 2 rings (SSSR count). The summed E-state index contributed by atoms with van der Waals surface area (Å²) in [6.45, 7) is 1.69. The van der Waals surface area contributed by atoms with Crippen LogP contribution in [0.5, 0.6) is 5.88 Å². The molecule has 1 saturated heterocycles. The molecule has 1 aliphatic rings. The molecular formula is C13H19N3O4. The Morgan fingerprint density at radius 1 is 1.65 bits per heavy atom. The number of nitrogens with one attached hydrogen (secondary N) is 1. The quantitative estimate of drug-likeness (QED) is 0.782. The molecule has 2 heterocycles. The van der Waals surface area contributed by atoms with Gasteiger partial charge in [-0.15, -0.1) is 0 Å². The van der Waals surface area contributed by atoms with Gasteiger partial charge in [0, 0.05) is 31.5 Å². The molecule has 1 atom stereocenters. The zero-order valence-corrected chi connectivity index (χ0v) is 11.5. The van der Waals surface area contributed by atoms with Crippen LogP contribution in [0.2, 0.25) is 0 Å². The number of ether oxygens (including phenoxy) is 2. The van der Waals surface area contributed by atoms with E-state index in [0.29, 0.717) is 32.0 Å². The Labute approximate surface area is 117 Å². The number of rotatable bonds is 6. The summed E-state index contributed by atoms with van der Waals surface area (Å²) in [5.41, 5.74) is -0.0477. The number of aromatic nitrogens is 2. The monoisotopic (exact) mass is 281 g/mol. The Kier molecular flexibility index (Phi) is 4.86. The molecule has 0 radical (unpaired) electrons. The summed E-state index contributed by atoms with van der Waals surface area (Å²) in [5.74, 6) is -0.322. The molecular weight excluding hydrogens is 262 g/mol. The van der Waals surface area contributed by atoms with Crippen LogP contribution in [0.1, 0.15) is 18.4 Å². The summed E-state index contributed by atoms with van der Waals surface area (Å²) < 4.78 is 10.5. The van der Waals surface area contributed by atoms with Crippen LogP contribution in [0.4, 0.5) is 0 Å². The lowest BCUT2D eigenvalue weighted by atomic mass is 9.82. The standard InChI is InChI=1S/C13H19N3O4/c1-19-11-10(6-15-9-16-11)5-14-7-13(12(17)18)3-2-4-20-8-13/h6,9,14H,2-5,7-8H2,1H3,(H,17,18). The lowest BCUT2D eigenvalue weighted by Crippen LogP contribution is -2.46. The maximum atomic E-state index is 11.5. The van der Waals surface area contributed by atoms with Crippen molar-refractivity contribution in [3.63, 3.8) is 0 Å². The third-order valence-corrected chi connectivity index (χ3v) is 3.49. The van der Waals surface area contributed by atoms with Gasteiger partial charge in [0.15, 0.2) is 0 Å². The number of hydrogen-bond donors (Lipinski definition) is 2. The molecule has 20 heavy (non-hydrogen) atoms. The highest BCUT2D eigenvalue weighted by Crippen LogP contribution is 2.28. The van der Waals surface area contributed by atoms with E-state index in [-0.39, 0.29) is 6.61 Å². The van der Waals surface area contributed by atoms with Gasteiger partial charge in [0.1, 0.15) is 11.7 Å². The molecule has 0 aromatic carbocycles. The lowest BCUT2D eigenvalue weighted by molar-refractivity contribution is -0.156. The topological polar surface area (TPSA) is 93.6 Å². The van der Waals surface area contributed by atoms with Gasteiger partial charge in [-0.05, 0) is 12.8 Å². The van der Waals surface area contributed by atoms with Crippen molar-refractivity contribution < 1.29 is 19.4 Å². The van der Waals surface area contributed by atoms with Gasteiger partial charge in [0.2, 0.25) is 5.88 Å². The van der Waals surface area contributed by atoms with E-state index in [1.54, 1.807) is 13.3 Å². The van der Waals surface area contributed by atoms with E-state index in [1.165, 1.54) is 6.33 Å². The molecule has 0 spiro atoms. The highest BCUT2D eigenvalue weighted by molar-refractivity contribution is 5.75. The minimum Gasteiger partial charge on any atom is -0.481 e. The van der Waals surface area contributed by atoms with Gasteiger partial charge in [-0.3, -0.25) is 4.79 Å². The van der Waals surface area contributed by atoms with Crippen LogP contribution in [0.25, 0.3) is 0 Å². The average Bonchev–Trinajstić information content (AvgIpc) is 2.48. The van der Waals surface area contributed by atoms with Crippen molar-refractivity contribution in [1.82, 2.24) is 15.3 Å². The van der Waals surface area contributed by atoms with E-state index in [9.17, 15) is 9.90 Å². The summed E-state index contributed by atoms with van der Waals surface area (Å²) in [6.07, 6.45) is 4.46. The van der Waals surface area contributed by atoms with Crippen LogP contribution in [0.3, 0.4) is 0 Å². The number of carboxylic acid groups (broad SMARTS) is 1. The van der Waals surface area contributed by atoms with Crippen LogP contribution in [-0.4, -0.2) is 47.9 Å². The van der Waals surface area contributed by atoms with Crippen molar-refractivity contribution in [3.05, 3.63) is 18.1 Å². The molecule has 0 saturated carbocycles. The number of carbonyl (C=O) groups is 1. The fourth-order valence-corrected chi connectivity index (χ4v) is 2.32. The summed E-state index contributed by atoms with van der Waals surface area (Å²) in [7, 11) is 1.54. The van der Waals surface area contributed by atoms with E-state index in [2.05, 4.69) is 15.3 Å². The Hall–Kier alpha value is -1.73. The predicted octanol–water partition coefficient (Wildman–Crippen LogP) is 0.456. The number of hydrogen-bond acceptors (Lipinski definition) is 6. The van der Waals surface area contributed by atoms with Gasteiger partial charge in [-0.2, -0.15) is 0 Å². The number of methoxy groups -OCH3 is 1. The Balaban J connectivity index is 1.95. The number of carboxylic acids is 1. The summed E-state index contributed by atoms with van der Waals surface area (Å²) >= 11 is 0. The minimum absolute atomic E-state index is 0.248. The maximum absolute atomic E-state index is 11.5. The second-order valence-corrected chi connectivity index (χ2v) is 4.90. The first-order chi connectivity index (χ1) is 9.68. The summed E-state index contributed by atoms with van der Waals surface area (Å²) in [5, 5.41) is 12.6. The smallest absolute Gasteiger partial charge is 0.313 e. The zero-order valence-electron chi connectivity index (χ0n) is 11.5. The Morgan fingerprint density at radius 3 is 3.15 bits per heavy atom. The van der Waals surface area contributed by atoms with E-state index < -0.39 is 11.4 Å². The molecule has 1 aromatic rings. The van der Waals surface area contributed by atoms with Crippen molar-refractivity contribution >= 4 is 5.97 Å². The largest absolute Gasteiger partial charge is 0.481 e. The molecule has 0 amide bonds. The fraction of sp³-hybridized carbons (Fsp3) is 0.615. The minimum atomic E-state index is -0.846. The molecule has 7 nitrogen and oxygen atoms in total. The van der Waals surface area contributed by atoms with Gasteiger partial charge in [0.25, 0.3) is 0 Å². The van der Waals surface area contributed by atoms with Crippen molar-refractivity contribution in [3.8, 4) is 5.88 Å².